The van der Waals surface area contributed by atoms with Crippen LogP contribution in [-0.4, -0.2) is 36.3 Å². The van der Waals surface area contributed by atoms with E-state index >= 15 is 0 Å². The largest absolute Gasteiger partial charge is 0.338 e. The predicted molar refractivity (Wildman–Crippen MR) is 90.7 cm³/mol. The molecule has 0 bridgehead atoms. The minimum Gasteiger partial charge on any atom is -0.338 e. The fraction of sp³-hybridized carbons (Fsp3) is 0.333. The van der Waals surface area contributed by atoms with Gasteiger partial charge in [0, 0.05) is 42.5 Å². The molecule has 0 radical (unpaired) electrons. The highest BCUT2D eigenvalue weighted by Crippen LogP contribution is 2.42. The molecule has 2 aliphatic rings. The molecule has 4 rings (SSSR count). The Morgan fingerprint density at radius 1 is 1.13 bits per heavy atom. The van der Waals surface area contributed by atoms with Gasteiger partial charge in [-0.1, -0.05) is 18.2 Å². The number of para-hydroxylation sites is 1. The van der Waals surface area contributed by atoms with Gasteiger partial charge in [-0.05, 0) is 30.0 Å². The first kappa shape index (κ1) is 14.5. The number of anilines is 1. The van der Waals surface area contributed by atoms with Crippen LogP contribution in [0.2, 0.25) is 0 Å². The fourth-order valence-electron chi connectivity index (χ4n) is 3.69. The smallest absolute Gasteiger partial charge is 0.254 e. The summed E-state index contributed by atoms with van der Waals surface area (Å²) in [6.07, 6.45) is 1.44. The summed E-state index contributed by atoms with van der Waals surface area (Å²) in [4.78, 5) is 28.8. The van der Waals surface area contributed by atoms with Crippen molar-refractivity contribution in [1.82, 2.24) is 4.90 Å². The summed E-state index contributed by atoms with van der Waals surface area (Å²) < 4.78 is 0. The molecule has 1 atom stereocenters. The second-order valence-corrected chi connectivity index (χ2v) is 7.26. The lowest BCUT2D eigenvalue weighted by Crippen LogP contribution is -2.34. The molecule has 2 aromatic rings. The number of hydrogen-bond acceptors (Lipinski definition) is 3. The van der Waals surface area contributed by atoms with Gasteiger partial charge in [0.15, 0.2) is 0 Å². The molecule has 23 heavy (non-hydrogen) atoms. The van der Waals surface area contributed by atoms with Gasteiger partial charge in [-0.3, -0.25) is 9.59 Å². The van der Waals surface area contributed by atoms with Crippen molar-refractivity contribution in [3.8, 4) is 0 Å². The number of thiophene rings is 1. The molecule has 0 aliphatic carbocycles. The average molecular weight is 326 g/mol. The molecule has 3 heterocycles. The molecular formula is C18H18N2O2S. The second kappa shape index (κ2) is 5.49. The highest BCUT2D eigenvalue weighted by atomic mass is 32.1. The predicted octanol–water partition coefficient (Wildman–Crippen LogP) is 3.02. The van der Waals surface area contributed by atoms with Crippen LogP contribution in [-0.2, 0) is 4.79 Å². The number of rotatable bonds is 2. The van der Waals surface area contributed by atoms with Crippen molar-refractivity contribution in [1.29, 1.82) is 0 Å². The Morgan fingerprint density at radius 2 is 1.96 bits per heavy atom. The summed E-state index contributed by atoms with van der Waals surface area (Å²) in [6, 6.07) is 11.7. The highest BCUT2D eigenvalue weighted by Gasteiger charge is 2.48. The molecule has 2 saturated heterocycles. The Kier molecular flexibility index (Phi) is 3.45. The maximum Gasteiger partial charge on any atom is 0.254 e. The molecule has 0 unspecified atom stereocenters. The number of carbonyl (C=O) groups excluding carboxylic acids is 2. The Hall–Kier alpha value is -2.14. The zero-order valence-electron chi connectivity index (χ0n) is 12.8. The Labute approximate surface area is 139 Å². The molecule has 2 amide bonds. The first-order valence-electron chi connectivity index (χ1n) is 7.84. The zero-order chi connectivity index (χ0) is 15.9. The van der Waals surface area contributed by atoms with Gasteiger partial charge in [0.2, 0.25) is 5.91 Å². The van der Waals surface area contributed by atoms with Crippen molar-refractivity contribution in [3.05, 3.63) is 52.7 Å². The third-order valence-corrected chi connectivity index (χ3v) is 5.57. The van der Waals surface area contributed by atoms with Crippen molar-refractivity contribution in [2.24, 2.45) is 5.41 Å². The lowest BCUT2D eigenvalue weighted by atomic mass is 9.86. The standard InChI is InChI=1S/C18H18N2O2S/c21-16-10-18(13-20(16)15-4-2-1-3-5-15)7-8-19(12-18)17(22)14-6-9-23-11-14/h1-6,9,11H,7-8,10,12-13H2/t18-/m0/s1. The zero-order valence-corrected chi connectivity index (χ0v) is 13.6. The van der Waals surface area contributed by atoms with Gasteiger partial charge in [0.1, 0.15) is 0 Å². The van der Waals surface area contributed by atoms with E-state index in [1.54, 1.807) is 0 Å². The molecule has 4 nitrogen and oxygen atoms in total. The van der Waals surface area contributed by atoms with Crippen LogP contribution in [0.15, 0.2) is 47.2 Å². The van der Waals surface area contributed by atoms with Crippen LogP contribution in [0, 0.1) is 5.41 Å². The second-order valence-electron chi connectivity index (χ2n) is 6.48. The minimum absolute atomic E-state index is 0.0847. The van der Waals surface area contributed by atoms with Crippen molar-refractivity contribution in [2.45, 2.75) is 12.8 Å². The molecule has 0 N–H and O–H groups in total. The van der Waals surface area contributed by atoms with Crippen LogP contribution in [0.5, 0.6) is 0 Å². The highest BCUT2D eigenvalue weighted by molar-refractivity contribution is 7.08. The van der Waals surface area contributed by atoms with E-state index in [0.29, 0.717) is 19.5 Å². The topological polar surface area (TPSA) is 40.6 Å². The number of amides is 2. The number of nitrogens with zero attached hydrogens (tertiary/aromatic N) is 2. The van der Waals surface area contributed by atoms with Crippen LogP contribution in [0.1, 0.15) is 23.2 Å². The normalized spacial score (nSPS) is 23.9. The minimum atomic E-state index is -0.0847. The van der Waals surface area contributed by atoms with Gasteiger partial charge in [-0.25, -0.2) is 0 Å². The van der Waals surface area contributed by atoms with Crippen LogP contribution >= 0.6 is 11.3 Å². The third kappa shape index (κ3) is 2.55. The van der Waals surface area contributed by atoms with Gasteiger partial charge in [-0.15, -0.1) is 0 Å². The van der Waals surface area contributed by atoms with Crippen molar-refractivity contribution < 1.29 is 9.59 Å². The van der Waals surface area contributed by atoms with Gasteiger partial charge in [0.25, 0.3) is 5.91 Å². The average Bonchev–Trinajstić information content (AvgIpc) is 3.29. The quantitative estimate of drug-likeness (QED) is 0.851. The first-order chi connectivity index (χ1) is 11.2. The molecule has 5 heteroatoms. The number of hydrogen-bond donors (Lipinski definition) is 0. The summed E-state index contributed by atoms with van der Waals surface area (Å²) in [5.41, 5.74) is 1.63. The first-order valence-corrected chi connectivity index (χ1v) is 8.78. The van der Waals surface area contributed by atoms with Gasteiger partial charge in [0.05, 0.1) is 5.56 Å². The number of benzene rings is 1. The Morgan fingerprint density at radius 3 is 2.70 bits per heavy atom. The van der Waals surface area contributed by atoms with Crippen LogP contribution in [0.4, 0.5) is 5.69 Å². The van der Waals surface area contributed by atoms with Gasteiger partial charge in [-0.2, -0.15) is 11.3 Å². The van der Waals surface area contributed by atoms with Crippen LogP contribution in [0.3, 0.4) is 0 Å². The Bertz CT molecular complexity index is 729. The van der Waals surface area contributed by atoms with Crippen LogP contribution < -0.4 is 4.90 Å². The van der Waals surface area contributed by atoms with E-state index < -0.39 is 0 Å². The molecule has 1 aromatic carbocycles. The molecule has 1 spiro atoms. The molecule has 2 aliphatic heterocycles. The maximum atomic E-state index is 12.5. The van der Waals surface area contributed by atoms with Gasteiger partial charge < -0.3 is 9.80 Å². The summed E-state index contributed by atoms with van der Waals surface area (Å²) in [6.45, 7) is 2.13. The summed E-state index contributed by atoms with van der Waals surface area (Å²) in [5, 5.41) is 3.82. The maximum absolute atomic E-state index is 12.5. The van der Waals surface area contributed by atoms with Crippen molar-refractivity contribution in [3.63, 3.8) is 0 Å². The summed E-state index contributed by atoms with van der Waals surface area (Å²) in [5.74, 6) is 0.259. The number of likely N-dealkylation sites (tertiary alicyclic amines) is 1. The SMILES string of the molecule is O=C(c1ccsc1)N1CC[C@]2(CC(=O)N(c3ccccc3)C2)C1. The van der Waals surface area contributed by atoms with E-state index in [0.717, 1.165) is 24.2 Å². The lowest BCUT2D eigenvalue weighted by molar-refractivity contribution is -0.117. The summed E-state index contributed by atoms with van der Waals surface area (Å²) >= 11 is 1.54. The van der Waals surface area contributed by atoms with E-state index in [9.17, 15) is 9.59 Å². The molecule has 118 valence electrons. The summed E-state index contributed by atoms with van der Waals surface area (Å²) in [7, 11) is 0. The Balaban J connectivity index is 1.51. The number of carbonyl (C=O) groups is 2. The van der Waals surface area contributed by atoms with E-state index in [2.05, 4.69) is 0 Å². The van der Waals surface area contributed by atoms with E-state index in [-0.39, 0.29) is 17.2 Å². The monoisotopic (exact) mass is 326 g/mol. The van der Waals surface area contributed by atoms with Crippen molar-refractivity contribution >= 4 is 28.8 Å². The van der Waals surface area contributed by atoms with E-state index in [1.165, 1.54) is 11.3 Å². The molecule has 2 fully saturated rings. The van der Waals surface area contributed by atoms with Gasteiger partial charge >= 0.3 is 0 Å². The third-order valence-electron chi connectivity index (χ3n) is 4.88. The fourth-order valence-corrected chi connectivity index (χ4v) is 4.32. The van der Waals surface area contributed by atoms with Crippen molar-refractivity contribution in [2.75, 3.05) is 24.5 Å². The molecular weight excluding hydrogens is 308 g/mol. The molecule has 0 saturated carbocycles. The van der Waals surface area contributed by atoms with E-state index in [1.807, 2.05) is 57.0 Å². The van der Waals surface area contributed by atoms with Crippen LogP contribution in [0.25, 0.3) is 0 Å². The van der Waals surface area contributed by atoms with E-state index in [4.69, 9.17) is 0 Å². The lowest BCUT2D eigenvalue weighted by Gasteiger charge is -2.24. The molecule has 1 aromatic heterocycles.